The van der Waals surface area contributed by atoms with Gasteiger partial charge in [0.2, 0.25) is 0 Å². The Morgan fingerprint density at radius 3 is 2.62 bits per heavy atom. The van der Waals surface area contributed by atoms with Crippen molar-refractivity contribution < 1.29 is 0 Å². The maximum Gasteiger partial charge on any atom is 0.0726 e. The van der Waals surface area contributed by atoms with Gasteiger partial charge in [-0.1, -0.05) is 61.7 Å². The highest BCUT2D eigenvalue weighted by molar-refractivity contribution is 7.26. The molecule has 4 aromatic rings. The topological polar surface area (TPSA) is 12.9 Å². The van der Waals surface area contributed by atoms with Gasteiger partial charge in [0, 0.05) is 31.0 Å². The molecule has 2 aromatic heterocycles. The van der Waals surface area contributed by atoms with Gasteiger partial charge in [0.25, 0.3) is 0 Å². The quantitative estimate of drug-likeness (QED) is 0.515. The Bertz CT molecular complexity index is 1200. The maximum atomic E-state index is 4.76. The van der Waals surface area contributed by atoms with Gasteiger partial charge in [0.1, 0.15) is 0 Å². The van der Waals surface area contributed by atoms with E-state index >= 15 is 0 Å². The Kier molecular flexibility index (Phi) is 3.55. The first-order valence-corrected chi connectivity index (χ1v) is 8.70. The van der Waals surface area contributed by atoms with Gasteiger partial charge < -0.3 is 0 Å². The highest BCUT2D eigenvalue weighted by Gasteiger charge is 2.11. The summed E-state index contributed by atoms with van der Waals surface area (Å²) in [5.41, 5.74) is 3.32. The Labute approximate surface area is 144 Å². The molecule has 0 saturated carbocycles. The SMILES string of the molecule is C=C/C=c1/c(C)cc(-c2cccc3c2sc2ccccc23)nc1=C. The van der Waals surface area contributed by atoms with Crippen molar-refractivity contribution in [3.05, 3.63) is 77.3 Å². The Balaban J connectivity index is 2.06. The summed E-state index contributed by atoms with van der Waals surface area (Å²) in [5.74, 6) is 0. The summed E-state index contributed by atoms with van der Waals surface area (Å²) < 4.78 is 2.59. The number of rotatable bonds is 2. The number of allylic oxidation sites excluding steroid dienone is 1. The molecule has 116 valence electrons. The summed E-state index contributed by atoms with van der Waals surface area (Å²) in [7, 11) is 0. The highest BCUT2D eigenvalue weighted by Crippen LogP contribution is 2.38. The average molecular weight is 327 g/mol. The minimum atomic E-state index is 0.794. The fourth-order valence-electron chi connectivity index (χ4n) is 3.18. The van der Waals surface area contributed by atoms with Crippen LogP contribution in [0.15, 0.2) is 61.2 Å². The Hall–Kier alpha value is -2.71. The van der Waals surface area contributed by atoms with E-state index in [-0.39, 0.29) is 0 Å². The summed E-state index contributed by atoms with van der Waals surface area (Å²) >= 11 is 1.82. The van der Waals surface area contributed by atoms with E-state index in [0.29, 0.717) is 0 Å². The molecule has 2 heteroatoms. The van der Waals surface area contributed by atoms with Crippen LogP contribution in [0.25, 0.3) is 44.1 Å². The molecule has 0 bridgehead atoms. The number of hydrogen-bond donors (Lipinski definition) is 0. The molecule has 0 aliphatic heterocycles. The molecule has 0 aliphatic rings. The van der Waals surface area contributed by atoms with Crippen LogP contribution in [-0.2, 0) is 0 Å². The van der Waals surface area contributed by atoms with Crippen molar-refractivity contribution in [2.45, 2.75) is 6.92 Å². The minimum absolute atomic E-state index is 0.794. The zero-order valence-corrected chi connectivity index (χ0v) is 14.4. The Morgan fingerprint density at radius 2 is 1.83 bits per heavy atom. The first-order valence-electron chi connectivity index (χ1n) is 7.89. The van der Waals surface area contributed by atoms with Crippen LogP contribution in [0.4, 0.5) is 0 Å². The van der Waals surface area contributed by atoms with E-state index in [2.05, 4.69) is 68.6 Å². The second-order valence-electron chi connectivity index (χ2n) is 5.87. The van der Waals surface area contributed by atoms with Gasteiger partial charge in [0.05, 0.1) is 11.0 Å². The molecule has 0 fully saturated rings. The number of benzene rings is 2. The standard InChI is InChI=1S/C22H17NS/c1-4-8-16-14(2)13-20(23-15(16)3)19-11-7-10-18-17-9-5-6-12-21(17)24-22(18)19/h4-13H,1,3H2,2H3/b16-8-. The maximum absolute atomic E-state index is 4.76. The zero-order valence-electron chi connectivity index (χ0n) is 13.5. The average Bonchev–Trinajstić information content (AvgIpc) is 2.96. The van der Waals surface area contributed by atoms with Gasteiger partial charge in [-0.2, -0.15) is 0 Å². The van der Waals surface area contributed by atoms with E-state index < -0.39 is 0 Å². The van der Waals surface area contributed by atoms with Gasteiger partial charge in [-0.15, -0.1) is 11.3 Å². The van der Waals surface area contributed by atoms with Crippen molar-refractivity contribution in [3.8, 4) is 11.3 Å². The molecule has 0 atom stereocenters. The van der Waals surface area contributed by atoms with Gasteiger partial charge in [0.15, 0.2) is 0 Å². The molecule has 0 amide bonds. The van der Waals surface area contributed by atoms with E-state index in [1.807, 2.05) is 17.4 Å². The molecule has 4 rings (SSSR count). The summed E-state index contributed by atoms with van der Waals surface area (Å²) in [6.45, 7) is 9.99. The van der Waals surface area contributed by atoms with Gasteiger partial charge in [-0.25, -0.2) is 4.98 Å². The number of hydrogen-bond acceptors (Lipinski definition) is 2. The normalized spacial score (nSPS) is 12.1. The van der Waals surface area contributed by atoms with Crippen LogP contribution >= 0.6 is 11.3 Å². The number of thiophene rings is 1. The van der Waals surface area contributed by atoms with Crippen molar-refractivity contribution in [3.63, 3.8) is 0 Å². The predicted molar refractivity (Wildman–Crippen MR) is 107 cm³/mol. The van der Waals surface area contributed by atoms with E-state index in [9.17, 15) is 0 Å². The summed E-state index contributed by atoms with van der Waals surface area (Å²) in [6, 6.07) is 17.1. The molecule has 0 radical (unpaired) electrons. The largest absolute Gasteiger partial charge is 0.248 e. The molecule has 2 aromatic carbocycles. The fourth-order valence-corrected chi connectivity index (χ4v) is 4.41. The van der Waals surface area contributed by atoms with Gasteiger partial charge in [-0.3, -0.25) is 0 Å². The van der Waals surface area contributed by atoms with Crippen LogP contribution in [-0.4, -0.2) is 4.98 Å². The van der Waals surface area contributed by atoms with Crippen LogP contribution in [0.2, 0.25) is 0 Å². The number of aromatic nitrogens is 1. The third kappa shape index (κ3) is 2.27. The lowest BCUT2D eigenvalue weighted by Crippen LogP contribution is -2.29. The van der Waals surface area contributed by atoms with Crippen molar-refractivity contribution in [2.24, 2.45) is 0 Å². The fraction of sp³-hybridized carbons (Fsp3) is 0.0455. The number of pyridine rings is 1. The van der Waals surface area contributed by atoms with Crippen LogP contribution in [0.1, 0.15) is 5.56 Å². The predicted octanol–water partition coefficient (Wildman–Crippen LogP) is 4.80. The van der Waals surface area contributed by atoms with Gasteiger partial charge in [-0.05, 0) is 24.6 Å². The Morgan fingerprint density at radius 1 is 1.04 bits per heavy atom. The third-order valence-electron chi connectivity index (χ3n) is 4.31. The number of fused-ring (bicyclic) bond motifs is 3. The lowest BCUT2D eigenvalue weighted by atomic mass is 10.0. The molecule has 2 heterocycles. The van der Waals surface area contributed by atoms with E-state index in [4.69, 9.17) is 4.98 Å². The van der Waals surface area contributed by atoms with Crippen molar-refractivity contribution in [2.75, 3.05) is 0 Å². The summed E-state index contributed by atoms with van der Waals surface area (Å²) in [4.78, 5) is 4.76. The van der Waals surface area contributed by atoms with E-state index in [0.717, 1.165) is 16.3 Å². The van der Waals surface area contributed by atoms with Crippen LogP contribution < -0.4 is 10.6 Å². The molecular weight excluding hydrogens is 310 g/mol. The molecule has 0 aliphatic carbocycles. The van der Waals surface area contributed by atoms with Gasteiger partial charge >= 0.3 is 0 Å². The second-order valence-corrected chi connectivity index (χ2v) is 6.92. The number of nitrogens with zero attached hydrogens (tertiary/aromatic N) is 1. The van der Waals surface area contributed by atoms with Crippen molar-refractivity contribution in [1.29, 1.82) is 0 Å². The van der Waals surface area contributed by atoms with E-state index in [1.165, 1.54) is 31.3 Å². The first-order chi connectivity index (χ1) is 11.7. The molecule has 24 heavy (non-hydrogen) atoms. The lowest BCUT2D eigenvalue weighted by molar-refractivity contribution is 1.20. The molecule has 0 spiro atoms. The molecule has 0 saturated heterocycles. The minimum Gasteiger partial charge on any atom is -0.248 e. The van der Waals surface area contributed by atoms with Crippen LogP contribution in [0.5, 0.6) is 0 Å². The highest BCUT2D eigenvalue weighted by atomic mass is 32.1. The second kappa shape index (κ2) is 5.73. The zero-order chi connectivity index (χ0) is 16.7. The van der Waals surface area contributed by atoms with Crippen LogP contribution in [0.3, 0.4) is 0 Å². The molecule has 0 N–H and O–H groups in total. The lowest BCUT2D eigenvalue weighted by Gasteiger charge is -2.05. The van der Waals surface area contributed by atoms with E-state index in [1.54, 1.807) is 6.08 Å². The monoisotopic (exact) mass is 327 g/mol. The van der Waals surface area contributed by atoms with Crippen molar-refractivity contribution >= 4 is 44.2 Å². The van der Waals surface area contributed by atoms with Crippen LogP contribution in [0, 0.1) is 6.92 Å². The summed E-state index contributed by atoms with van der Waals surface area (Å²) in [5, 5.41) is 4.45. The molecular formula is C22H17NS. The number of aryl methyl sites for hydroxylation is 1. The first kappa shape index (κ1) is 14.9. The smallest absolute Gasteiger partial charge is 0.0726 e. The molecule has 0 unspecified atom stereocenters. The third-order valence-corrected chi connectivity index (χ3v) is 5.53. The molecule has 1 nitrogen and oxygen atoms in total. The summed E-state index contributed by atoms with van der Waals surface area (Å²) in [6.07, 6.45) is 3.75. The van der Waals surface area contributed by atoms with Crippen molar-refractivity contribution in [1.82, 2.24) is 4.98 Å².